The molecule has 2 unspecified atom stereocenters. The van der Waals surface area contributed by atoms with Crippen molar-refractivity contribution in [2.75, 3.05) is 13.7 Å². The number of carbonyl (C=O) groups excluding carboxylic acids is 2. The summed E-state index contributed by atoms with van der Waals surface area (Å²) in [5.74, 6) is 2.22. The Kier molecular flexibility index (Phi) is 9.05. The van der Waals surface area contributed by atoms with Crippen LogP contribution in [0.3, 0.4) is 0 Å². The lowest BCUT2D eigenvalue weighted by Crippen LogP contribution is -2.56. The van der Waals surface area contributed by atoms with Gasteiger partial charge in [0.2, 0.25) is 5.91 Å². The minimum absolute atomic E-state index is 0.110. The standard InChI is InChI=1S/C45H51N7O6/c1-24(2)37(50-42(54)57-6)41(53)51-17-7-8-35(51)39-46-22-34(49-39)27-10-13-31-30-12-9-25(18-29(30)23-58-36(31)20-27)26-11-14-32-33(19-26)48-40(47-32)38-28-15-16-45(21-28,44(3,4)5)52(38)43(55)56/h9-14,18-20,22,24,28,35,37-38H,7-8,15-17,21,23H2,1-6H3,(H,46,49)(H,47,48)(H,50,54)(H,55,56)/t28-,35-,37-,38?,45?/m0/s1. The molecule has 4 aliphatic rings. The molecule has 0 radical (unpaired) electrons. The Morgan fingerprint density at radius 2 is 1.74 bits per heavy atom. The number of H-pyrrole nitrogens is 2. The summed E-state index contributed by atoms with van der Waals surface area (Å²) in [5.41, 5.74) is 8.23. The summed E-state index contributed by atoms with van der Waals surface area (Å²) in [6.45, 7) is 11.3. The maximum atomic E-state index is 13.6. The number of hydrogen-bond acceptors (Lipinski definition) is 7. The van der Waals surface area contributed by atoms with Gasteiger partial charge in [-0.1, -0.05) is 58.9 Å². The van der Waals surface area contributed by atoms with Gasteiger partial charge in [-0.3, -0.25) is 9.69 Å². The van der Waals surface area contributed by atoms with Crippen LogP contribution < -0.4 is 10.1 Å². The lowest BCUT2D eigenvalue weighted by Gasteiger charge is -2.48. The van der Waals surface area contributed by atoms with E-state index in [1.807, 2.05) is 30.9 Å². The predicted molar refractivity (Wildman–Crippen MR) is 219 cm³/mol. The molecular formula is C45H51N7O6. The molecule has 9 rings (SSSR count). The highest BCUT2D eigenvalue weighted by molar-refractivity contribution is 5.87. The van der Waals surface area contributed by atoms with E-state index in [4.69, 9.17) is 19.4 Å². The number of aromatic amines is 2. The zero-order chi connectivity index (χ0) is 40.7. The van der Waals surface area contributed by atoms with Gasteiger partial charge in [0, 0.05) is 17.7 Å². The molecule has 13 nitrogen and oxygen atoms in total. The molecule has 2 saturated heterocycles. The summed E-state index contributed by atoms with van der Waals surface area (Å²) >= 11 is 0. The van der Waals surface area contributed by atoms with Crippen molar-refractivity contribution >= 4 is 29.1 Å². The summed E-state index contributed by atoms with van der Waals surface area (Å²) in [4.78, 5) is 58.5. The van der Waals surface area contributed by atoms with Crippen molar-refractivity contribution in [1.29, 1.82) is 0 Å². The third-order valence-corrected chi connectivity index (χ3v) is 13.3. The molecule has 58 heavy (non-hydrogen) atoms. The molecule has 3 aliphatic heterocycles. The van der Waals surface area contributed by atoms with Crippen molar-refractivity contribution in [1.82, 2.24) is 35.1 Å². The second kappa shape index (κ2) is 13.9. The molecular weight excluding hydrogens is 735 g/mol. The van der Waals surface area contributed by atoms with Crippen molar-refractivity contribution in [3.8, 4) is 39.3 Å². The number of carboxylic acid groups (broad SMARTS) is 1. The Morgan fingerprint density at radius 3 is 2.50 bits per heavy atom. The van der Waals surface area contributed by atoms with Crippen LogP contribution in [0.15, 0.2) is 60.8 Å². The summed E-state index contributed by atoms with van der Waals surface area (Å²) in [6, 6.07) is 17.6. The van der Waals surface area contributed by atoms with Crippen LogP contribution in [0, 0.1) is 17.3 Å². The topological polar surface area (TPSA) is 166 Å². The van der Waals surface area contributed by atoms with Gasteiger partial charge in [0.05, 0.1) is 47.7 Å². The zero-order valence-electron chi connectivity index (χ0n) is 33.9. The Hall–Kier alpha value is -5.85. The number of ether oxygens (including phenoxy) is 2. The monoisotopic (exact) mass is 785 g/mol. The van der Waals surface area contributed by atoms with E-state index in [9.17, 15) is 19.5 Å². The van der Waals surface area contributed by atoms with Gasteiger partial charge in [-0.15, -0.1) is 0 Å². The molecule has 5 aromatic rings. The Labute approximate surface area is 337 Å². The number of aromatic nitrogens is 4. The molecule has 0 spiro atoms. The van der Waals surface area contributed by atoms with Crippen molar-refractivity contribution in [2.24, 2.45) is 17.3 Å². The van der Waals surface area contributed by atoms with E-state index in [-0.39, 0.29) is 35.2 Å². The first-order chi connectivity index (χ1) is 27.8. The fourth-order valence-electron chi connectivity index (χ4n) is 10.3. The third-order valence-electron chi connectivity index (χ3n) is 13.3. The van der Waals surface area contributed by atoms with E-state index in [0.29, 0.717) is 19.0 Å². The molecule has 1 aliphatic carbocycles. The molecule has 13 heteroatoms. The van der Waals surface area contributed by atoms with Crippen molar-refractivity contribution < 1.29 is 29.0 Å². The molecule has 3 amide bonds. The van der Waals surface area contributed by atoms with Gasteiger partial charge in [0.1, 0.15) is 30.0 Å². The van der Waals surface area contributed by atoms with Crippen LogP contribution in [0.1, 0.15) is 96.0 Å². The van der Waals surface area contributed by atoms with Crippen LogP contribution in [0.4, 0.5) is 9.59 Å². The number of imidazole rings is 2. The van der Waals surface area contributed by atoms with Gasteiger partial charge in [0.15, 0.2) is 0 Å². The quantitative estimate of drug-likeness (QED) is 0.127. The fraction of sp³-hybridized carbons (Fsp3) is 0.444. The first-order valence-electron chi connectivity index (χ1n) is 20.4. The van der Waals surface area contributed by atoms with E-state index in [2.05, 4.69) is 78.5 Å². The normalized spacial score (nSPS) is 22.8. The Bertz CT molecular complexity index is 2450. The van der Waals surface area contributed by atoms with E-state index < -0.39 is 23.8 Å². The minimum atomic E-state index is -0.873. The molecule has 4 N–H and O–H groups in total. The zero-order valence-corrected chi connectivity index (χ0v) is 33.9. The van der Waals surface area contributed by atoms with Crippen molar-refractivity contribution in [2.45, 2.75) is 97.0 Å². The highest BCUT2D eigenvalue weighted by Gasteiger charge is 2.64. The van der Waals surface area contributed by atoms with E-state index in [1.165, 1.54) is 7.11 Å². The summed E-state index contributed by atoms with van der Waals surface area (Å²) in [5, 5.41) is 13.2. The average molecular weight is 786 g/mol. The molecule has 5 atom stereocenters. The lowest BCUT2D eigenvalue weighted by atomic mass is 9.72. The number of rotatable bonds is 7. The Morgan fingerprint density at radius 1 is 0.983 bits per heavy atom. The largest absolute Gasteiger partial charge is 0.488 e. The van der Waals surface area contributed by atoms with E-state index in [0.717, 1.165) is 93.8 Å². The van der Waals surface area contributed by atoms with Gasteiger partial charge in [-0.05, 0) is 102 Å². The average Bonchev–Trinajstić information content (AvgIpc) is 4.06. The second-order valence-corrected chi connectivity index (χ2v) is 17.8. The first-order valence-corrected chi connectivity index (χ1v) is 20.4. The number of hydrogen-bond donors (Lipinski definition) is 4. The number of likely N-dealkylation sites (tertiary alicyclic amines) is 2. The molecule has 3 aromatic carbocycles. The molecule has 5 heterocycles. The third kappa shape index (κ3) is 6.08. The number of fused-ring (bicyclic) bond motifs is 6. The number of methoxy groups -OCH3 is 1. The molecule has 2 aromatic heterocycles. The molecule has 2 bridgehead atoms. The lowest BCUT2D eigenvalue weighted by molar-refractivity contribution is -0.135. The fourth-order valence-corrected chi connectivity index (χ4v) is 10.3. The van der Waals surface area contributed by atoms with Gasteiger partial charge in [-0.2, -0.15) is 0 Å². The van der Waals surface area contributed by atoms with Crippen LogP contribution in [-0.2, 0) is 16.1 Å². The highest BCUT2D eigenvalue weighted by Crippen LogP contribution is 2.62. The van der Waals surface area contributed by atoms with Gasteiger partial charge < -0.3 is 34.8 Å². The van der Waals surface area contributed by atoms with Crippen LogP contribution in [0.2, 0.25) is 0 Å². The van der Waals surface area contributed by atoms with Crippen LogP contribution in [0.5, 0.6) is 5.75 Å². The summed E-state index contributed by atoms with van der Waals surface area (Å²) in [6.07, 6.45) is 4.67. The number of alkyl carbamates (subject to hydrolysis) is 1. The van der Waals surface area contributed by atoms with Crippen LogP contribution in [-0.4, -0.2) is 78.2 Å². The van der Waals surface area contributed by atoms with E-state index >= 15 is 0 Å². The number of nitrogens with one attached hydrogen (secondary N) is 3. The van der Waals surface area contributed by atoms with Crippen LogP contribution in [0.25, 0.3) is 44.5 Å². The van der Waals surface area contributed by atoms with Crippen molar-refractivity contribution in [3.63, 3.8) is 0 Å². The van der Waals surface area contributed by atoms with E-state index in [1.54, 1.807) is 11.1 Å². The number of piperidine rings is 1. The minimum Gasteiger partial charge on any atom is -0.488 e. The first kappa shape index (κ1) is 37.7. The number of carbonyl (C=O) groups is 3. The maximum Gasteiger partial charge on any atom is 0.408 e. The summed E-state index contributed by atoms with van der Waals surface area (Å²) < 4.78 is 11.1. The number of benzene rings is 3. The number of nitrogens with zero attached hydrogens (tertiary/aromatic N) is 4. The van der Waals surface area contributed by atoms with Gasteiger partial charge in [-0.25, -0.2) is 19.6 Å². The summed E-state index contributed by atoms with van der Waals surface area (Å²) in [7, 11) is 1.29. The molecule has 302 valence electrons. The van der Waals surface area contributed by atoms with Crippen LogP contribution >= 0.6 is 0 Å². The highest BCUT2D eigenvalue weighted by atomic mass is 16.5. The maximum absolute atomic E-state index is 13.6. The SMILES string of the molecule is COC(=O)N[C@H](C(=O)N1CCC[C@H]1c1ncc(-c2ccc3c(c2)OCc2cc(-c4ccc5nc(C6[C@H]7CCC(C(C)(C)C)(C7)N6C(=O)O)[nH]c5c4)ccc2-3)[nH]1)C(C)C. The van der Waals surface area contributed by atoms with Crippen molar-refractivity contribution in [3.05, 3.63) is 78.0 Å². The second-order valence-electron chi connectivity index (χ2n) is 17.8. The molecule has 1 saturated carbocycles. The number of amides is 3. The Balaban J connectivity index is 0.933. The smallest absolute Gasteiger partial charge is 0.408 e. The van der Waals surface area contributed by atoms with Gasteiger partial charge >= 0.3 is 12.2 Å². The molecule has 3 fully saturated rings. The predicted octanol–water partition coefficient (Wildman–Crippen LogP) is 8.84. The van der Waals surface area contributed by atoms with Gasteiger partial charge in [0.25, 0.3) is 0 Å².